The van der Waals surface area contributed by atoms with E-state index in [-0.39, 0.29) is 18.0 Å². The lowest BCUT2D eigenvalue weighted by Crippen LogP contribution is -2.13. The van der Waals surface area contributed by atoms with Gasteiger partial charge in [-0.15, -0.1) is 11.8 Å². The van der Waals surface area contributed by atoms with Gasteiger partial charge >= 0.3 is 0 Å². The molecule has 0 bridgehead atoms. The van der Waals surface area contributed by atoms with E-state index in [1.807, 2.05) is 0 Å². The van der Waals surface area contributed by atoms with E-state index in [9.17, 15) is 9.18 Å². The molecule has 0 aromatic carbocycles. The third-order valence-electron chi connectivity index (χ3n) is 2.73. The zero-order valence-corrected chi connectivity index (χ0v) is 9.89. The van der Waals surface area contributed by atoms with E-state index in [4.69, 9.17) is 5.11 Å². The number of thioether (sulfide) groups is 1. The Hall–Kier alpha value is -1.67. The molecular formula is C10H9FN4O2S. The highest BCUT2D eigenvalue weighted by atomic mass is 32.2. The fraction of sp³-hybridized carbons (Fsp3) is 0.300. The number of nitrogens with zero attached hydrogens (tertiary/aromatic N) is 3. The Kier molecular flexibility index (Phi) is 2.67. The van der Waals surface area contributed by atoms with Crippen LogP contribution in [0, 0.1) is 0 Å². The maximum atomic E-state index is 13.5. The number of aliphatic hydroxyl groups is 1. The van der Waals surface area contributed by atoms with Crippen LogP contribution in [0.1, 0.15) is 5.37 Å². The Morgan fingerprint density at radius 3 is 3.11 bits per heavy atom. The third kappa shape index (κ3) is 1.65. The van der Waals surface area contributed by atoms with Crippen LogP contribution in [0.4, 0.5) is 4.39 Å². The number of aromatic nitrogens is 4. The minimum Gasteiger partial charge on any atom is -0.395 e. The normalized spacial score (nSPS) is 23.6. The largest absolute Gasteiger partial charge is 0.395 e. The predicted molar refractivity (Wildman–Crippen MR) is 64.8 cm³/mol. The van der Waals surface area contributed by atoms with Gasteiger partial charge in [0.1, 0.15) is 11.2 Å². The Balaban J connectivity index is 2.09. The summed E-state index contributed by atoms with van der Waals surface area (Å²) in [5.74, 6) is -0.380. The first-order valence-corrected chi connectivity index (χ1v) is 6.18. The van der Waals surface area contributed by atoms with Crippen LogP contribution in [-0.2, 0) is 0 Å². The minimum absolute atomic E-state index is 0.273. The summed E-state index contributed by atoms with van der Waals surface area (Å²) in [4.78, 5) is 22.1. The predicted octanol–water partition coefficient (Wildman–Crippen LogP) is 0.579. The number of fused-ring (bicyclic) bond motifs is 1. The van der Waals surface area contributed by atoms with Crippen molar-refractivity contribution >= 4 is 22.9 Å². The Morgan fingerprint density at radius 2 is 2.39 bits per heavy atom. The number of rotatable bonds is 2. The summed E-state index contributed by atoms with van der Waals surface area (Å²) < 4.78 is 15.0. The lowest BCUT2D eigenvalue weighted by Gasteiger charge is -2.11. The highest BCUT2D eigenvalue weighted by molar-refractivity contribution is 8.00. The first kappa shape index (κ1) is 11.4. The van der Waals surface area contributed by atoms with Crippen molar-refractivity contribution in [3.63, 3.8) is 0 Å². The van der Waals surface area contributed by atoms with Gasteiger partial charge in [-0.2, -0.15) is 0 Å². The van der Waals surface area contributed by atoms with Gasteiger partial charge in [-0.1, -0.05) is 0 Å². The molecule has 3 heterocycles. The molecule has 0 saturated heterocycles. The molecule has 2 N–H and O–H groups in total. The average Bonchev–Trinajstić information content (AvgIpc) is 2.93. The second kappa shape index (κ2) is 4.21. The van der Waals surface area contributed by atoms with Crippen LogP contribution in [-0.4, -0.2) is 36.5 Å². The van der Waals surface area contributed by atoms with Crippen LogP contribution in [0.3, 0.4) is 0 Å². The van der Waals surface area contributed by atoms with Gasteiger partial charge in [0.15, 0.2) is 11.2 Å². The number of nitrogens with one attached hydrogen (secondary N) is 1. The standard InChI is InChI=1S/C10H9FN4O2S/c11-5-1-7(18-6(5)2-16)15-4-14-9-8(15)10(17)13-3-12-9/h1,3-4,6-7,16H,2H2,(H,12,13,17)/t6-,7-/m1/s1. The molecule has 1 aliphatic heterocycles. The van der Waals surface area contributed by atoms with E-state index in [1.165, 1.54) is 30.5 Å². The second-order valence-electron chi connectivity index (χ2n) is 3.81. The molecule has 2 aromatic heterocycles. The summed E-state index contributed by atoms with van der Waals surface area (Å²) in [6.45, 7) is -0.273. The number of aliphatic hydroxyl groups excluding tert-OH is 1. The Labute approximate surface area is 105 Å². The molecule has 0 amide bonds. The summed E-state index contributed by atoms with van der Waals surface area (Å²) in [6.07, 6.45) is 4.10. The van der Waals surface area contributed by atoms with Gasteiger partial charge in [0.05, 0.1) is 24.5 Å². The van der Waals surface area contributed by atoms with Gasteiger partial charge < -0.3 is 14.7 Å². The van der Waals surface area contributed by atoms with Crippen molar-refractivity contribution in [2.24, 2.45) is 0 Å². The smallest absolute Gasteiger partial charge is 0.277 e. The highest BCUT2D eigenvalue weighted by Crippen LogP contribution is 2.41. The van der Waals surface area contributed by atoms with Crippen molar-refractivity contribution < 1.29 is 9.50 Å². The maximum absolute atomic E-state index is 13.5. The quantitative estimate of drug-likeness (QED) is 0.832. The number of H-pyrrole nitrogens is 1. The number of hydrogen-bond acceptors (Lipinski definition) is 5. The molecule has 18 heavy (non-hydrogen) atoms. The molecule has 0 spiro atoms. The molecule has 3 rings (SSSR count). The van der Waals surface area contributed by atoms with Crippen molar-refractivity contribution in [3.05, 3.63) is 34.9 Å². The lowest BCUT2D eigenvalue weighted by molar-refractivity contribution is 0.295. The molecule has 0 saturated carbocycles. The van der Waals surface area contributed by atoms with Crippen molar-refractivity contribution in [2.75, 3.05) is 6.61 Å². The highest BCUT2D eigenvalue weighted by Gasteiger charge is 2.29. The van der Waals surface area contributed by atoms with Gasteiger partial charge in [-0.05, 0) is 6.08 Å². The van der Waals surface area contributed by atoms with Crippen molar-refractivity contribution in [3.8, 4) is 0 Å². The van der Waals surface area contributed by atoms with E-state index < -0.39 is 10.6 Å². The molecule has 94 valence electrons. The zero-order valence-electron chi connectivity index (χ0n) is 9.08. The van der Waals surface area contributed by atoms with Crippen LogP contribution in [0.15, 0.2) is 29.4 Å². The number of aromatic amines is 1. The van der Waals surface area contributed by atoms with Gasteiger partial charge in [0.25, 0.3) is 5.56 Å². The van der Waals surface area contributed by atoms with Gasteiger partial charge in [0.2, 0.25) is 0 Å². The third-order valence-corrected chi connectivity index (χ3v) is 4.07. The molecular weight excluding hydrogens is 259 g/mol. The first-order chi connectivity index (χ1) is 8.70. The maximum Gasteiger partial charge on any atom is 0.277 e. The van der Waals surface area contributed by atoms with Gasteiger partial charge in [-0.25, -0.2) is 14.4 Å². The second-order valence-corrected chi connectivity index (χ2v) is 5.13. The van der Waals surface area contributed by atoms with Gasteiger partial charge in [0, 0.05) is 0 Å². The van der Waals surface area contributed by atoms with E-state index in [0.29, 0.717) is 11.2 Å². The first-order valence-electron chi connectivity index (χ1n) is 5.24. The van der Waals surface area contributed by atoms with Gasteiger partial charge in [-0.3, -0.25) is 4.79 Å². The molecule has 8 heteroatoms. The average molecular weight is 268 g/mol. The fourth-order valence-corrected chi connectivity index (χ4v) is 3.00. The molecule has 2 atom stereocenters. The summed E-state index contributed by atoms with van der Waals surface area (Å²) in [5.41, 5.74) is 0.303. The van der Waals surface area contributed by atoms with Crippen molar-refractivity contribution in [1.29, 1.82) is 0 Å². The topological polar surface area (TPSA) is 83.8 Å². The molecule has 0 fully saturated rings. The lowest BCUT2D eigenvalue weighted by atomic mass is 10.3. The van der Waals surface area contributed by atoms with E-state index in [0.717, 1.165) is 0 Å². The molecule has 0 unspecified atom stereocenters. The molecule has 2 aromatic rings. The van der Waals surface area contributed by atoms with Crippen LogP contribution >= 0.6 is 11.8 Å². The number of halogens is 1. The molecule has 0 aliphatic carbocycles. The summed E-state index contributed by atoms with van der Waals surface area (Å²) in [5, 5.41) is 8.04. The minimum atomic E-state index is -0.580. The molecule has 1 aliphatic rings. The SMILES string of the molecule is O=c1[nH]cnc2ncn([C@H]3C=C(F)[C@@H](CO)S3)c12. The van der Waals surface area contributed by atoms with Crippen molar-refractivity contribution in [2.45, 2.75) is 10.6 Å². The summed E-state index contributed by atoms with van der Waals surface area (Å²) in [6, 6.07) is 0. The van der Waals surface area contributed by atoms with E-state index in [1.54, 1.807) is 4.57 Å². The number of imidazole rings is 1. The Bertz CT molecular complexity index is 680. The zero-order chi connectivity index (χ0) is 12.7. The molecule has 0 radical (unpaired) electrons. The van der Waals surface area contributed by atoms with Crippen LogP contribution in [0.2, 0.25) is 0 Å². The van der Waals surface area contributed by atoms with Crippen LogP contribution in [0.5, 0.6) is 0 Å². The van der Waals surface area contributed by atoms with E-state index in [2.05, 4.69) is 15.0 Å². The fourth-order valence-electron chi connectivity index (χ4n) is 1.87. The van der Waals surface area contributed by atoms with Crippen LogP contribution < -0.4 is 5.56 Å². The summed E-state index contributed by atoms with van der Waals surface area (Å²) in [7, 11) is 0. The molecule has 6 nitrogen and oxygen atoms in total. The Morgan fingerprint density at radius 1 is 1.56 bits per heavy atom. The number of hydrogen-bond donors (Lipinski definition) is 2. The monoisotopic (exact) mass is 268 g/mol. The van der Waals surface area contributed by atoms with Crippen LogP contribution in [0.25, 0.3) is 11.2 Å². The van der Waals surface area contributed by atoms with Crippen molar-refractivity contribution in [1.82, 2.24) is 19.5 Å². The summed E-state index contributed by atoms with van der Waals surface area (Å²) >= 11 is 1.22. The van der Waals surface area contributed by atoms with E-state index >= 15 is 0 Å².